The minimum Gasteiger partial charge on any atom is -0.491 e. The van der Waals surface area contributed by atoms with Crippen molar-refractivity contribution >= 4 is 5.91 Å². The molecule has 182 valence electrons. The number of nitriles is 1. The number of rotatable bonds is 8. The molecule has 0 aliphatic carbocycles. The Hall–Kier alpha value is -3.30. The number of nitrogens with zero attached hydrogens (tertiary/aromatic N) is 3. The Kier molecular flexibility index (Phi) is 7.23. The van der Waals surface area contributed by atoms with Gasteiger partial charge in [-0.2, -0.15) is 23.5 Å². The molecule has 34 heavy (non-hydrogen) atoms. The molecule has 1 amide bonds. The number of alkyl halides is 3. The summed E-state index contributed by atoms with van der Waals surface area (Å²) in [5.41, 5.74) is 1.59. The summed E-state index contributed by atoms with van der Waals surface area (Å²) >= 11 is 0. The second kappa shape index (κ2) is 10.3. The first-order valence-corrected chi connectivity index (χ1v) is 10.7. The van der Waals surface area contributed by atoms with Gasteiger partial charge in [-0.05, 0) is 30.2 Å². The summed E-state index contributed by atoms with van der Waals surface area (Å²) in [5.74, 6) is 0.756. The number of hydrogen-bond acceptors (Lipinski definition) is 7. The van der Waals surface area contributed by atoms with Gasteiger partial charge in [0.05, 0.1) is 37.5 Å². The smallest absolute Gasteiger partial charge is 0.411 e. The molecule has 3 heterocycles. The fourth-order valence-electron chi connectivity index (χ4n) is 3.72. The van der Waals surface area contributed by atoms with Crippen LogP contribution in [0.1, 0.15) is 28.0 Å². The first kappa shape index (κ1) is 23.8. The monoisotopic (exact) mass is 480 g/mol. The van der Waals surface area contributed by atoms with Gasteiger partial charge in [0.1, 0.15) is 25.1 Å². The van der Waals surface area contributed by atoms with Crippen molar-refractivity contribution in [2.24, 2.45) is 0 Å². The lowest BCUT2D eigenvalue weighted by Crippen LogP contribution is -2.42. The van der Waals surface area contributed by atoms with Crippen LogP contribution in [0.2, 0.25) is 0 Å². The Bertz CT molecular complexity index is 1070. The van der Waals surface area contributed by atoms with Crippen LogP contribution in [0.15, 0.2) is 24.3 Å². The normalized spacial score (nSPS) is 19.2. The van der Waals surface area contributed by atoms with Crippen molar-refractivity contribution in [1.29, 1.82) is 5.26 Å². The maximum atomic E-state index is 12.7. The maximum Gasteiger partial charge on any atom is 0.411 e. The van der Waals surface area contributed by atoms with Crippen LogP contribution in [-0.2, 0) is 22.4 Å². The highest BCUT2D eigenvalue weighted by Crippen LogP contribution is 2.26. The number of ether oxygens (including phenoxy) is 4. The number of carbonyl (C=O) groups excluding carboxylic acids is 1. The first-order valence-electron chi connectivity index (χ1n) is 10.7. The van der Waals surface area contributed by atoms with Crippen LogP contribution in [0.4, 0.5) is 13.2 Å². The lowest BCUT2D eigenvalue weighted by atomic mass is 10.0. The molecule has 4 rings (SSSR count). The highest BCUT2D eigenvalue weighted by Gasteiger charge is 2.28. The van der Waals surface area contributed by atoms with E-state index in [-0.39, 0.29) is 43.6 Å². The second-order valence-electron chi connectivity index (χ2n) is 7.98. The van der Waals surface area contributed by atoms with Crippen LogP contribution in [0.5, 0.6) is 11.6 Å². The quantitative estimate of drug-likeness (QED) is 0.578. The van der Waals surface area contributed by atoms with E-state index in [1.807, 2.05) is 0 Å². The van der Waals surface area contributed by atoms with Crippen molar-refractivity contribution in [2.75, 3.05) is 33.0 Å². The summed E-state index contributed by atoms with van der Waals surface area (Å²) in [6.45, 7) is -0.446. The number of amides is 1. The first-order chi connectivity index (χ1) is 16.3. The van der Waals surface area contributed by atoms with Crippen LogP contribution in [0.3, 0.4) is 0 Å². The Morgan fingerprint density at radius 1 is 1.29 bits per heavy atom. The fourth-order valence-corrected chi connectivity index (χ4v) is 3.72. The average Bonchev–Trinajstić information content (AvgIpc) is 3.24. The number of hydrogen-bond donors (Lipinski definition) is 1. The minimum absolute atomic E-state index is 0.0192. The molecule has 2 aliphatic heterocycles. The molecular formula is C22H23F3N4O5. The highest BCUT2D eigenvalue weighted by atomic mass is 19.4. The average molecular weight is 480 g/mol. The predicted octanol–water partition coefficient (Wildman–Crippen LogP) is 2.23. The molecule has 2 unspecified atom stereocenters. The zero-order valence-corrected chi connectivity index (χ0v) is 18.1. The molecule has 0 saturated carbocycles. The third kappa shape index (κ3) is 6.18. The van der Waals surface area contributed by atoms with Gasteiger partial charge >= 0.3 is 6.18 Å². The van der Waals surface area contributed by atoms with Gasteiger partial charge in [0.2, 0.25) is 5.88 Å². The van der Waals surface area contributed by atoms with E-state index >= 15 is 0 Å². The predicted molar refractivity (Wildman–Crippen MR) is 111 cm³/mol. The van der Waals surface area contributed by atoms with Crippen molar-refractivity contribution in [3.63, 3.8) is 0 Å². The minimum atomic E-state index is -4.36. The zero-order valence-electron chi connectivity index (χ0n) is 18.1. The molecule has 0 fully saturated rings. The Morgan fingerprint density at radius 3 is 2.91 bits per heavy atom. The summed E-state index contributed by atoms with van der Waals surface area (Å²) < 4.78 is 59.0. The van der Waals surface area contributed by atoms with E-state index in [0.29, 0.717) is 43.2 Å². The molecule has 2 aromatic rings. The maximum absolute atomic E-state index is 12.7. The van der Waals surface area contributed by atoms with Crippen molar-refractivity contribution in [2.45, 2.75) is 37.7 Å². The summed E-state index contributed by atoms with van der Waals surface area (Å²) in [4.78, 5) is 12.7. The van der Waals surface area contributed by atoms with Crippen LogP contribution in [0, 0.1) is 11.3 Å². The van der Waals surface area contributed by atoms with Crippen molar-refractivity contribution in [3.05, 3.63) is 41.1 Å². The van der Waals surface area contributed by atoms with E-state index in [1.54, 1.807) is 28.9 Å². The number of fused-ring (bicyclic) bond motifs is 2. The number of aromatic nitrogens is 2. The van der Waals surface area contributed by atoms with E-state index in [1.165, 1.54) is 0 Å². The zero-order chi connectivity index (χ0) is 24.1. The van der Waals surface area contributed by atoms with Gasteiger partial charge in [-0.3, -0.25) is 4.79 Å². The third-order valence-corrected chi connectivity index (χ3v) is 5.30. The van der Waals surface area contributed by atoms with Crippen molar-refractivity contribution in [1.82, 2.24) is 15.1 Å². The topological polar surface area (TPSA) is 108 Å². The van der Waals surface area contributed by atoms with Gasteiger partial charge in [0.15, 0.2) is 5.69 Å². The molecular weight excluding hydrogens is 457 g/mol. The third-order valence-electron chi connectivity index (χ3n) is 5.30. The number of carbonyl (C=O) groups is 1. The number of benzene rings is 1. The molecule has 1 aromatic carbocycles. The van der Waals surface area contributed by atoms with Crippen LogP contribution < -0.4 is 14.8 Å². The molecule has 0 saturated heterocycles. The summed E-state index contributed by atoms with van der Waals surface area (Å²) in [6.07, 6.45) is -3.55. The van der Waals surface area contributed by atoms with E-state index in [0.717, 1.165) is 5.56 Å². The van der Waals surface area contributed by atoms with Gasteiger partial charge in [0.25, 0.3) is 5.91 Å². The van der Waals surface area contributed by atoms with Gasteiger partial charge in [-0.25, -0.2) is 4.68 Å². The van der Waals surface area contributed by atoms with Gasteiger partial charge in [0, 0.05) is 19.0 Å². The molecule has 0 bridgehead atoms. The summed E-state index contributed by atoms with van der Waals surface area (Å²) in [6, 6.07) is 8.55. The molecule has 2 atom stereocenters. The molecule has 0 radical (unpaired) electrons. The van der Waals surface area contributed by atoms with Gasteiger partial charge in [-0.15, -0.1) is 0 Å². The highest BCUT2D eigenvalue weighted by molar-refractivity contribution is 5.92. The molecule has 0 spiro atoms. The number of aryl methyl sites for hydroxylation is 1. The standard InChI is InChI=1S/C22H23F3N4O5/c23-22(24,25)13-32-6-5-31-12-17-3-4-29-20(34-17)9-18(28-29)21(30)27-16-8-15-7-14(10-26)1-2-19(15)33-11-16/h1-2,7,9,16-17H,3-6,8,11-13H2,(H,27,30). The molecule has 1 aromatic heterocycles. The Morgan fingerprint density at radius 2 is 2.12 bits per heavy atom. The SMILES string of the molecule is N#Cc1ccc2c(c1)CC(NC(=O)c1cc3n(n1)CCC(COCCOCC(F)(F)F)O3)CO2. The van der Waals surface area contributed by atoms with Crippen LogP contribution in [0.25, 0.3) is 0 Å². The number of halogens is 3. The molecule has 2 aliphatic rings. The Balaban J connectivity index is 1.24. The van der Waals surface area contributed by atoms with Crippen LogP contribution in [-0.4, -0.2) is 67.0 Å². The lowest BCUT2D eigenvalue weighted by molar-refractivity contribution is -0.177. The fraction of sp³-hybridized carbons (Fsp3) is 0.500. The van der Waals surface area contributed by atoms with Gasteiger partial charge in [-0.1, -0.05) is 0 Å². The molecule has 9 nitrogen and oxygen atoms in total. The van der Waals surface area contributed by atoms with E-state index < -0.39 is 12.8 Å². The molecule has 12 heteroatoms. The summed E-state index contributed by atoms with van der Waals surface area (Å²) in [5, 5.41) is 16.3. The van der Waals surface area contributed by atoms with E-state index in [9.17, 15) is 18.0 Å². The second-order valence-corrected chi connectivity index (χ2v) is 7.98. The van der Waals surface area contributed by atoms with Crippen LogP contribution >= 0.6 is 0 Å². The Labute approximate surface area is 193 Å². The molecule has 1 N–H and O–H groups in total. The number of nitrogens with one attached hydrogen (secondary N) is 1. The lowest BCUT2D eigenvalue weighted by Gasteiger charge is -2.25. The van der Waals surface area contributed by atoms with Crippen molar-refractivity contribution < 1.29 is 36.9 Å². The van der Waals surface area contributed by atoms with Gasteiger partial charge < -0.3 is 24.3 Å². The largest absolute Gasteiger partial charge is 0.491 e. The van der Waals surface area contributed by atoms with E-state index in [2.05, 4.69) is 21.2 Å². The van der Waals surface area contributed by atoms with Crippen molar-refractivity contribution in [3.8, 4) is 17.7 Å². The van der Waals surface area contributed by atoms with E-state index in [4.69, 9.17) is 19.5 Å². The summed E-state index contributed by atoms with van der Waals surface area (Å²) in [7, 11) is 0.